The Morgan fingerprint density at radius 3 is 2.38 bits per heavy atom. The lowest BCUT2D eigenvalue weighted by atomic mass is 10.1. The van der Waals surface area contributed by atoms with Crippen molar-refractivity contribution in [3.63, 3.8) is 0 Å². The Morgan fingerprint density at radius 2 is 1.73 bits per heavy atom. The van der Waals surface area contributed by atoms with Gasteiger partial charge in [0, 0.05) is 34.0 Å². The van der Waals surface area contributed by atoms with Gasteiger partial charge in [-0.3, -0.25) is 4.79 Å². The van der Waals surface area contributed by atoms with Crippen LogP contribution in [0.4, 0.5) is 5.69 Å². The van der Waals surface area contributed by atoms with Crippen LogP contribution in [0.25, 0.3) is 10.9 Å². The number of carboxylic acids is 1. The van der Waals surface area contributed by atoms with E-state index in [0.29, 0.717) is 37.2 Å². The van der Waals surface area contributed by atoms with Crippen LogP contribution < -0.4 is 5.32 Å². The molecule has 0 radical (unpaired) electrons. The molecule has 0 saturated carbocycles. The molecule has 3 aromatic rings. The molecule has 8 heteroatoms. The topological polar surface area (TPSA) is 82.2 Å². The van der Waals surface area contributed by atoms with Crippen molar-refractivity contribution in [2.45, 2.75) is 6.42 Å². The normalized spacial score (nSPS) is 10.9. The number of benzene rings is 2. The average molecular weight is 412 g/mol. The summed E-state index contributed by atoms with van der Waals surface area (Å²) in [6, 6.07) is 9.73. The predicted octanol–water partition coefficient (Wildman–Crippen LogP) is 5.51. The molecule has 0 aliphatic rings. The number of fused-ring (bicyclic) bond motifs is 1. The van der Waals surface area contributed by atoms with Crippen LogP contribution >= 0.6 is 34.8 Å². The lowest BCUT2D eigenvalue weighted by molar-refractivity contribution is 0.0692. The highest BCUT2D eigenvalue weighted by Crippen LogP contribution is 2.36. The molecule has 0 amide bonds. The van der Waals surface area contributed by atoms with Crippen LogP contribution in [0.2, 0.25) is 15.1 Å². The summed E-state index contributed by atoms with van der Waals surface area (Å²) in [7, 11) is 0. The molecule has 0 bridgehead atoms. The molecule has 0 spiro atoms. The van der Waals surface area contributed by atoms with Gasteiger partial charge in [0.1, 0.15) is 5.69 Å². The Labute approximate surface area is 163 Å². The van der Waals surface area contributed by atoms with Gasteiger partial charge in [0.25, 0.3) is 0 Å². The van der Waals surface area contributed by atoms with Gasteiger partial charge in [0.05, 0.1) is 16.2 Å². The number of hydrogen-bond acceptors (Lipinski definition) is 3. The number of aromatic carboxylic acids is 1. The molecule has 3 N–H and O–H groups in total. The number of ketones is 1. The van der Waals surface area contributed by atoms with Gasteiger partial charge in [0.15, 0.2) is 5.78 Å². The van der Waals surface area contributed by atoms with Crippen molar-refractivity contribution >= 4 is 63.1 Å². The van der Waals surface area contributed by atoms with E-state index >= 15 is 0 Å². The third kappa shape index (κ3) is 3.80. The molecule has 0 saturated heterocycles. The second-order valence-electron chi connectivity index (χ2n) is 5.60. The summed E-state index contributed by atoms with van der Waals surface area (Å²) in [5.74, 6) is -1.22. The van der Waals surface area contributed by atoms with E-state index < -0.39 is 5.97 Å². The van der Waals surface area contributed by atoms with Crippen molar-refractivity contribution in [3.05, 3.63) is 62.7 Å². The maximum atomic E-state index is 12.2. The van der Waals surface area contributed by atoms with E-state index in [-0.39, 0.29) is 24.4 Å². The number of aromatic amines is 1. The summed E-state index contributed by atoms with van der Waals surface area (Å²) in [6.45, 7) is 0.244. The molecule has 2 aromatic carbocycles. The molecule has 0 aliphatic heterocycles. The Bertz CT molecular complexity index is 997. The number of H-pyrrole nitrogens is 1. The Morgan fingerprint density at radius 1 is 1.04 bits per heavy atom. The van der Waals surface area contributed by atoms with E-state index in [1.54, 1.807) is 30.3 Å². The third-order valence-corrected chi connectivity index (χ3v) is 4.62. The Hall–Kier alpha value is -2.21. The van der Waals surface area contributed by atoms with E-state index in [9.17, 15) is 14.7 Å². The van der Waals surface area contributed by atoms with Crippen molar-refractivity contribution < 1.29 is 14.7 Å². The van der Waals surface area contributed by atoms with Crippen molar-refractivity contribution in [1.82, 2.24) is 4.98 Å². The minimum Gasteiger partial charge on any atom is -0.477 e. The van der Waals surface area contributed by atoms with Crippen molar-refractivity contribution in [2.24, 2.45) is 0 Å². The SMILES string of the molecule is O=C(CCNc1c(C(=O)O)[nH]c2cc(Cl)cc(Cl)c12)c1ccc(Cl)cc1. The summed E-state index contributed by atoms with van der Waals surface area (Å²) in [4.78, 5) is 26.5. The Kier molecular flexibility index (Phi) is 5.41. The second-order valence-corrected chi connectivity index (χ2v) is 6.88. The fraction of sp³-hybridized carbons (Fsp3) is 0.111. The number of halogens is 3. The monoisotopic (exact) mass is 410 g/mol. The van der Waals surface area contributed by atoms with Crippen LogP contribution in [0.5, 0.6) is 0 Å². The molecule has 5 nitrogen and oxygen atoms in total. The average Bonchev–Trinajstić information content (AvgIpc) is 2.94. The summed E-state index contributed by atoms with van der Waals surface area (Å²) >= 11 is 18.0. The molecule has 0 fully saturated rings. The smallest absolute Gasteiger partial charge is 0.354 e. The van der Waals surface area contributed by atoms with Gasteiger partial charge < -0.3 is 15.4 Å². The molecule has 0 atom stereocenters. The number of anilines is 1. The summed E-state index contributed by atoms with van der Waals surface area (Å²) < 4.78 is 0. The number of carboxylic acid groups (broad SMARTS) is 1. The zero-order chi connectivity index (χ0) is 18.8. The largest absolute Gasteiger partial charge is 0.477 e. The lowest BCUT2D eigenvalue weighted by Crippen LogP contribution is -2.11. The molecular weight excluding hydrogens is 399 g/mol. The second kappa shape index (κ2) is 7.58. The van der Waals surface area contributed by atoms with Gasteiger partial charge in [-0.05, 0) is 36.4 Å². The molecule has 0 unspecified atom stereocenters. The van der Waals surface area contributed by atoms with E-state index in [2.05, 4.69) is 10.3 Å². The van der Waals surface area contributed by atoms with Crippen molar-refractivity contribution in [1.29, 1.82) is 0 Å². The number of nitrogens with one attached hydrogen (secondary N) is 2. The van der Waals surface area contributed by atoms with Gasteiger partial charge in [-0.2, -0.15) is 0 Å². The highest BCUT2D eigenvalue weighted by Gasteiger charge is 2.20. The van der Waals surface area contributed by atoms with Gasteiger partial charge in [0.2, 0.25) is 0 Å². The molecule has 1 aromatic heterocycles. The highest BCUT2D eigenvalue weighted by atomic mass is 35.5. The number of carbonyl (C=O) groups is 2. The molecule has 26 heavy (non-hydrogen) atoms. The molecule has 1 heterocycles. The third-order valence-electron chi connectivity index (χ3n) is 3.85. The minimum atomic E-state index is -1.14. The van der Waals surface area contributed by atoms with Crippen LogP contribution in [-0.2, 0) is 0 Å². The zero-order valence-electron chi connectivity index (χ0n) is 13.3. The number of aromatic nitrogens is 1. The number of Topliss-reactive ketones (excluding diaryl/α,β-unsaturated/α-hetero) is 1. The van der Waals surface area contributed by atoms with Crippen LogP contribution in [0.1, 0.15) is 27.3 Å². The van der Waals surface area contributed by atoms with E-state index in [1.807, 2.05) is 0 Å². The van der Waals surface area contributed by atoms with E-state index in [4.69, 9.17) is 34.8 Å². The first-order chi connectivity index (χ1) is 12.4. The quantitative estimate of drug-likeness (QED) is 0.467. The molecular formula is C18H13Cl3N2O3. The van der Waals surface area contributed by atoms with Crippen molar-refractivity contribution in [2.75, 3.05) is 11.9 Å². The lowest BCUT2D eigenvalue weighted by Gasteiger charge is -2.07. The van der Waals surface area contributed by atoms with Gasteiger partial charge in [-0.15, -0.1) is 0 Å². The molecule has 3 rings (SSSR count). The number of carbonyl (C=O) groups excluding carboxylic acids is 1. The van der Waals surface area contributed by atoms with Crippen LogP contribution in [-0.4, -0.2) is 28.4 Å². The van der Waals surface area contributed by atoms with Gasteiger partial charge in [-0.1, -0.05) is 34.8 Å². The summed E-state index contributed by atoms with van der Waals surface area (Å²) in [5.41, 5.74) is 1.34. The molecule has 0 aliphatic carbocycles. The maximum absolute atomic E-state index is 12.2. The summed E-state index contributed by atoms with van der Waals surface area (Å²) in [5, 5.41) is 14.2. The minimum absolute atomic E-state index is 0.0388. The van der Waals surface area contributed by atoms with Gasteiger partial charge in [-0.25, -0.2) is 4.79 Å². The summed E-state index contributed by atoms with van der Waals surface area (Å²) in [6.07, 6.45) is 0.179. The number of rotatable bonds is 6. The number of hydrogen-bond donors (Lipinski definition) is 3. The van der Waals surface area contributed by atoms with E-state index in [1.165, 1.54) is 6.07 Å². The first-order valence-corrected chi connectivity index (χ1v) is 8.77. The molecule has 134 valence electrons. The fourth-order valence-electron chi connectivity index (χ4n) is 2.67. The van der Waals surface area contributed by atoms with Crippen molar-refractivity contribution in [3.8, 4) is 0 Å². The standard InChI is InChI=1S/C18H13Cl3N2O3/c19-10-3-1-9(2-4-10)14(24)5-6-22-16-15-12(21)7-11(20)8-13(15)23-17(16)18(25)26/h1-4,7-8,22-23H,5-6H2,(H,25,26). The highest BCUT2D eigenvalue weighted by molar-refractivity contribution is 6.40. The first kappa shape index (κ1) is 18.6. The first-order valence-electron chi connectivity index (χ1n) is 7.63. The maximum Gasteiger partial charge on any atom is 0.354 e. The van der Waals surface area contributed by atoms with Crippen LogP contribution in [0.15, 0.2) is 36.4 Å². The van der Waals surface area contributed by atoms with E-state index in [0.717, 1.165) is 0 Å². The Balaban J connectivity index is 1.82. The zero-order valence-corrected chi connectivity index (χ0v) is 15.5. The predicted molar refractivity (Wildman–Crippen MR) is 104 cm³/mol. The van der Waals surface area contributed by atoms with Crippen LogP contribution in [0, 0.1) is 0 Å². The van der Waals surface area contributed by atoms with Crippen LogP contribution in [0.3, 0.4) is 0 Å². The van der Waals surface area contributed by atoms with Gasteiger partial charge >= 0.3 is 5.97 Å². The fourth-order valence-corrected chi connectivity index (χ4v) is 3.38.